The highest BCUT2D eigenvalue weighted by Gasteiger charge is 2.16. The van der Waals surface area contributed by atoms with E-state index in [1.54, 1.807) is 0 Å². The number of rotatable bonds is 10. The molecule has 0 aliphatic carbocycles. The summed E-state index contributed by atoms with van der Waals surface area (Å²) in [4.78, 5) is 11.5. The lowest BCUT2D eigenvalue weighted by atomic mass is 9.97. The molecule has 124 valence electrons. The smallest absolute Gasteiger partial charge is 0.306 e. The molecule has 4 heteroatoms. The summed E-state index contributed by atoms with van der Waals surface area (Å²) in [5.41, 5.74) is 2.20. The molecule has 0 radical (unpaired) electrons. The summed E-state index contributed by atoms with van der Waals surface area (Å²) < 4.78 is 10.8. The van der Waals surface area contributed by atoms with E-state index in [0.717, 1.165) is 17.5 Å². The fraction of sp³-hybridized carbons (Fsp3) is 0.611. The molecule has 0 aromatic heterocycles. The quantitative estimate of drug-likeness (QED) is 0.673. The maximum absolute atomic E-state index is 11.5. The summed E-state index contributed by atoms with van der Waals surface area (Å²) in [6.07, 6.45) is 2.04. The van der Waals surface area contributed by atoms with Gasteiger partial charge in [-0.3, -0.25) is 4.79 Å². The van der Waals surface area contributed by atoms with Gasteiger partial charge in [-0.05, 0) is 37.3 Å². The molecule has 4 nitrogen and oxygen atoms in total. The Morgan fingerprint density at radius 2 is 1.91 bits per heavy atom. The van der Waals surface area contributed by atoms with E-state index < -0.39 is 6.10 Å². The topological polar surface area (TPSA) is 55.8 Å². The van der Waals surface area contributed by atoms with Crippen molar-refractivity contribution in [2.75, 3.05) is 13.2 Å². The molecular weight excluding hydrogens is 280 g/mol. The fourth-order valence-electron chi connectivity index (χ4n) is 2.32. The minimum absolute atomic E-state index is 0.0559. The number of hydrogen-bond donors (Lipinski definition) is 1. The summed E-state index contributed by atoms with van der Waals surface area (Å²) in [7, 11) is 0. The molecule has 22 heavy (non-hydrogen) atoms. The molecule has 1 rings (SSSR count). The number of aryl methyl sites for hydroxylation is 1. The third kappa shape index (κ3) is 6.16. The Hall–Kier alpha value is -1.39. The van der Waals surface area contributed by atoms with Gasteiger partial charge in [-0.1, -0.05) is 38.1 Å². The predicted molar refractivity (Wildman–Crippen MR) is 86.7 cm³/mol. The van der Waals surface area contributed by atoms with Crippen LogP contribution in [-0.4, -0.2) is 30.4 Å². The zero-order chi connectivity index (χ0) is 16.4. The Balaban J connectivity index is 2.73. The van der Waals surface area contributed by atoms with Crippen LogP contribution in [0.3, 0.4) is 0 Å². The van der Waals surface area contributed by atoms with E-state index in [0.29, 0.717) is 32.5 Å². The number of aliphatic hydroxyl groups excluding tert-OH is 1. The van der Waals surface area contributed by atoms with Gasteiger partial charge in [-0.25, -0.2) is 0 Å². The highest BCUT2D eigenvalue weighted by molar-refractivity contribution is 5.69. The van der Waals surface area contributed by atoms with E-state index in [1.807, 2.05) is 38.1 Å². The van der Waals surface area contributed by atoms with Crippen molar-refractivity contribution >= 4 is 5.97 Å². The van der Waals surface area contributed by atoms with Crippen molar-refractivity contribution in [1.82, 2.24) is 0 Å². The van der Waals surface area contributed by atoms with Gasteiger partial charge in [0.2, 0.25) is 0 Å². The van der Waals surface area contributed by atoms with Crippen molar-refractivity contribution in [1.29, 1.82) is 0 Å². The minimum Gasteiger partial charge on any atom is -0.466 e. The highest BCUT2D eigenvalue weighted by atomic mass is 16.5. The molecule has 1 aromatic carbocycles. The highest BCUT2D eigenvalue weighted by Crippen LogP contribution is 2.26. The Kier molecular flexibility index (Phi) is 8.78. The van der Waals surface area contributed by atoms with E-state index >= 15 is 0 Å². The zero-order valence-corrected chi connectivity index (χ0v) is 13.9. The monoisotopic (exact) mass is 308 g/mol. The number of benzene rings is 1. The normalized spacial score (nSPS) is 13.6. The molecule has 1 aromatic rings. The molecular formula is C18H28O4. The van der Waals surface area contributed by atoms with Gasteiger partial charge in [0.1, 0.15) is 0 Å². The van der Waals surface area contributed by atoms with Crippen molar-refractivity contribution in [3.63, 3.8) is 0 Å². The standard InChI is InChI=1S/C18H28O4/c1-4-15(19)13-22-17(5-2)16-10-8-7-9-14(16)11-12-18(20)21-6-3/h7-10,15,17,19H,4-6,11-13H2,1-3H3/t15-,17-/m1/s1. The van der Waals surface area contributed by atoms with E-state index in [1.165, 1.54) is 0 Å². The van der Waals surface area contributed by atoms with Gasteiger partial charge >= 0.3 is 5.97 Å². The Morgan fingerprint density at radius 1 is 1.18 bits per heavy atom. The molecule has 0 aliphatic rings. The van der Waals surface area contributed by atoms with Gasteiger partial charge in [-0.2, -0.15) is 0 Å². The first-order valence-corrected chi connectivity index (χ1v) is 8.15. The number of carbonyl (C=O) groups is 1. The van der Waals surface area contributed by atoms with Crippen LogP contribution < -0.4 is 0 Å². The largest absolute Gasteiger partial charge is 0.466 e. The number of hydrogen-bond acceptors (Lipinski definition) is 4. The van der Waals surface area contributed by atoms with Gasteiger partial charge in [0, 0.05) is 6.42 Å². The van der Waals surface area contributed by atoms with Crippen molar-refractivity contribution in [3.8, 4) is 0 Å². The summed E-state index contributed by atoms with van der Waals surface area (Å²) in [5.74, 6) is -0.173. The number of ether oxygens (including phenoxy) is 2. The minimum atomic E-state index is -0.430. The molecule has 0 spiro atoms. The lowest BCUT2D eigenvalue weighted by Gasteiger charge is -2.21. The number of carbonyl (C=O) groups excluding carboxylic acids is 1. The molecule has 0 aliphatic heterocycles. The molecule has 0 heterocycles. The molecule has 0 saturated carbocycles. The molecule has 2 atom stereocenters. The molecule has 0 amide bonds. The predicted octanol–water partition coefficient (Wildman–Crippen LogP) is 3.42. The Morgan fingerprint density at radius 3 is 2.55 bits per heavy atom. The van der Waals surface area contributed by atoms with Crippen molar-refractivity contribution in [2.24, 2.45) is 0 Å². The maximum Gasteiger partial charge on any atom is 0.306 e. The molecule has 0 bridgehead atoms. The van der Waals surface area contributed by atoms with Crippen LogP contribution in [0, 0.1) is 0 Å². The Bertz CT molecular complexity index is 444. The van der Waals surface area contributed by atoms with Crippen LogP contribution in [0.5, 0.6) is 0 Å². The molecule has 0 saturated heterocycles. The third-order valence-electron chi connectivity index (χ3n) is 3.64. The first-order chi connectivity index (χ1) is 10.6. The van der Waals surface area contributed by atoms with Gasteiger partial charge in [0.05, 0.1) is 25.4 Å². The molecule has 0 fully saturated rings. The van der Waals surface area contributed by atoms with Crippen molar-refractivity contribution in [3.05, 3.63) is 35.4 Å². The van der Waals surface area contributed by atoms with Gasteiger partial charge in [0.15, 0.2) is 0 Å². The van der Waals surface area contributed by atoms with Crippen molar-refractivity contribution in [2.45, 2.75) is 58.7 Å². The summed E-state index contributed by atoms with van der Waals surface area (Å²) >= 11 is 0. The Labute approximate surface area is 133 Å². The maximum atomic E-state index is 11.5. The lowest BCUT2D eigenvalue weighted by Crippen LogP contribution is -2.17. The van der Waals surface area contributed by atoms with Crippen molar-refractivity contribution < 1.29 is 19.4 Å². The van der Waals surface area contributed by atoms with Gasteiger partial charge < -0.3 is 14.6 Å². The van der Waals surface area contributed by atoms with Crippen LogP contribution in [0.1, 0.15) is 57.3 Å². The van der Waals surface area contributed by atoms with Crippen LogP contribution in [0.4, 0.5) is 0 Å². The average Bonchev–Trinajstić information content (AvgIpc) is 2.54. The second-order valence-electron chi connectivity index (χ2n) is 5.30. The van der Waals surface area contributed by atoms with Gasteiger partial charge in [-0.15, -0.1) is 0 Å². The van der Waals surface area contributed by atoms with E-state index in [-0.39, 0.29) is 12.1 Å². The van der Waals surface area contributed by atoms with Crippen LogP contribution in [0.15, 0.2) is 24.3 Å². The molecule has 0 unspecified atom stereocenters. The van der Waals surface area contributed by atoms with E-state index in [2.05, 4.69) is 6.92 Å². The van der Waals surface area contributed by atoms with Crippen LogP contribution in [0.2, 0.25) is 0 Å². The van der Waals surface area contributed by atoms with Crippen LogP contribution in [-0.2, 0) is 20.7 Å². The summed E-state index contributed by atoms with van der Waals surface area (Å²) in [6.45, 7) is 6.55. The first-order valence-electron chi connectivity index (χ1n) is 8.15. The zero-order valence-electron chi connectivity index (χ0n) is 13.9. The summed E-state index contributed by atoms with van der Waals surface area (Å²) in [5, 5.41) is 9.67. The third-order valence-corrected chi connectivity index (χ3v) is 3.64. The summed E-state index contributed by atoms with van der Waals surface area (Å²) in [6, 6.07) is 8.01. The first kappa shape index (κ1) is 18.7. The lowest BCUT2D eigenvalue weighted by molar-refractivity contribution is -0.143. The van der Waals surface area contributed by atoms with E-state index in [9.17, 15) is 9.90 Å². The van der Waals surface area contributed by atoms with Crippen LogP contribution in [0.25, 0.3) is 0 Å². The van der Waals surface area contributed by atoms with E-state index in [4.69, 9.17) is 9.47 Å². The van der Waals surface area contributed by atoms with Crippen LogP contribution >= 0.6 is 0 Å². The molecule has 1 N–H and O–H groups in total. The second kappa shape index (κ2) is 10.4. The SMILES string of the molecule is CCOC(=O)CCc1ccccc1[C@@H](CC)OC[C@H](O)CC. The number of esters is 1. The average molecular weight is 308 g/mol. The number of aliphatic hydroxyl groups is 1. The fourth-order valence-corrected chi connectivity index (χ4v) is 2.32. The second-order valence-corrected chi connectivity index (χ2v) is 5.30. The van der Waals surface area contributed by atoms with Gasteiger partial charge in [0.25, 0.3) is 0 Å².